The molecule has 2 rings (SSSR count). The third kappa shape index (κ3) is 3.39. The minimum absolute atomic E-state index is 0.444. The molecule has 0 amide bonds. The van der Waals surface area contributed by atoms with Gasteiger partial charge in [0.05, 0.1) is 12.5 Å². The number of pyridine rings is 1. The van der Waals surface area contributed by atoms with E-state index in [9.17, 15) is 0 Å². The second-order valence-corrected chi connectivity index (χ2v) is 3.86. The number of nitrogens with zero attached hydrogens (tertiary/aromatic N) is 5. The molecular weight excluding hydrogens is 240 g/mol. The molecule has 0 saturated carbocycles. The van der Waals surface area contributed by atoms with Crippen LogP contribution in [0.4, 0.5) is 17.3 Å². The zero-order chi connectivity index (χ0) is 13.5. The maximum atomic E-state index is 8.50. The first-order valence-corrected chi connectivity index (χ1v) is 5.88. The average molecular weight is 254 g/mol. The van der Waals surface area contributed by atoms with Gasteiger partial charge in [0.2, 0.25) is 0 Å². The maximum absolute atomic E-state index is 8.50. The Bertz CT molecular complexity index is 563. The Kier molecular flexibility index (Phi) is 4.24. The lowest BCUT2D eigenvalue weighted by atomic mass is 10.3. The number of nitrogens with one attached hydrogen (secondary N) is 1. The summed E-state index contributed by atoms with van der Waals surface area (Å²) in [4.78, 5) is 14.3. The predicted octanol–water partition coefficient (Wildman–Crippen LogP) is 1.97. The molecule has 0 aliphatic rings. The summed E-state index contributed by atoms with van der Waals surface area (Å²) in [5.74, 6) is 1.49. The summed E-state index contributed by atoms with van der Waals surface area (Å²) in [5, 5.41) is 11.6. The van der Waals surface area contributed by atoms with Crippen molar-refractivity contribution in [2.45, 2.75) is 6.42 Å². The molecule has 2 heterocycles. The fourth-order valence-electron chi connectivity index (χ4n) is 1.57. The first-order chi connectivity index (χ1) is 9.31. The molecule has 2 aromatic heterocycles. The first-order valence-electron chi connectivity index (χ1n) is 5.88. The van der Waals surface area contributed by atoms with Crippen LogP contribution in [0.1, 0.15) is 6.42 Å². The normalized spacial score (nSPS) is 9.68. The van der Waals surface area contributed by atoms with E-state index in [0.29, 0.717) is 18.8 Å². The molecule has 2 aromatic rings. The summed E-state index contributed by atoms with van der Waals surface area (Å²) in [5.41, 5.74) is 0.997. The number of hydrogen-bond acceptors (Lipinski definition) is 6. The highest BCUT2D eigenvalue weighted by Gasteiger charge is 2.06. The molecule has 19 heavy (non-hydrogen) atoms. The lowest BCUT2D eigenvalue weighted by Gasteiger charge is -2.18. The van der Waals surface area contributed by atoms with Crippen molar-refractivity contribution < 1.29 is 0 Å². The highest BCUT2D eigenvalue weighted by Crippen LogP contribution is 2.21. The maximum Gasteiger partial charge on any atom is 0.138 e. The van der Waals surface area contributed by atoms with Crippen LogP contribution in [-0.4, -0.2) is 28.5 Å². The van der Waals surface area contributed by atoms with Crippen LogP contribution < -0.4 is 10.2 Å². The van der Waals surface area contributed by atoms with E-state index in [1.165, 1.54) is 6.33 Å². The van der Waals surface area contributed by atoms with Gasteiger partial charge in [-0.3, -0.25) is 4.98 Å². The predicted molar refractivity (Wildman–Crippen MR) is 73.1 cm³/mol. The zero-order valence-corrected chi connectivity index (χ0v) is 10.6. The van der Waals surface area contributed by atoms with Crippen molar-refractivity contribution >= 4 is 17.3 Å². The fourth-order valence-corrected chi connectivity index (χ4v) is 1.57. The van der Waals surface area contributed by atoms with Gasteiger partial charge in [-0.25, -0.2) is 9.97 Å². The lowest BCUT2D eigenvalue weighted by Crippen LogP contribution is -2.12. The van der Waals surface area contributed by atoms with Gasteiger partial charge in [0.25, 0.3) is 0 Å². The average Bonchev–Trinajstić information content (AvgIpc) is 2.48. The van der Waals surface area contributed by atoms with Gasteiger partial charge in [0.15, 0.2) is 0 Å². The fraction of sp³-hybridized carbons (Fsp3) is 0.231. The van der Waals surface area contributed by atoms with E-state index in [2.05, 4.69) is 26.3 Å². The Balaban J connectivity index is 2.12. The van der Waals surface area contributed by atoms with Gasteiger partial charge in [0.1, 0.15) is 18.0 Å². The minimum atomic E-state index is 0.444. The Morgan fingerprint density at radius 2 is 2.11 bits per heavy atom. The van der Waals surface area contributed by atoms with Crippen molar-refractivity contribution in [3.05, 3.63) is 36.9 Å². The summed E-state index contributed by atoms with van der Waals surface area (Å²) < 4.78 is 0. The standard InChI is InChI=1S/C13H14N6/c1-19(11-3-7-15-8-4-11)13-9-12(17-10-18-13)16-6-2-5-14/h3-4,7-10H,2,6H2,1H3,(H,16,17,18). The third-order valence-electron chi connectivity index (χ3n) is 2.59. The van der Waals surface area contributed by atoms with Crippen LogP contribution in [-0.2, 0) is 0 Å². The molecule has 0 aromatic carbocycles. The Morgan fingerprint density at radius 1 is 1.32 bits per heavy atom. The molecule has 6 nitrogen and oxygen atoms in total. The van der Waals surface area contributed by atoms with Crippen molar-refractivity contribution in [1.29, 1.82) is 5.26 Å². The first kappa shape index (κ1) is 12.8. The van der Waals surface area contributed by atoms with Crippen LogP contribution in [0, 0.1) is 11.3 Å². The van der Waals surface area contributed by atoms with Crippen LogP contribution in [0.2, 0.25) is 0 Å². The van der Waals surface area contributed by atoms with E-state index in [0.717, 1.165) is 11.5 Å². The lowest BCUT2D eigenvalue weighted by molar-refractivity contribution is 1.03. The van der Waals surface area contributed by atoms with Gasteiger partial charge >= 0.3 is 0 Å². The largest absolute Gasteiger partial charge is 0.369 e. The second kappa shape index (κ2) is 6.31. The van der Waals surface area contributed by atoms with E-state index in [4.69, 9.17) is 5.26 Å². The van der Waals surface area contributed by atoms with Crippen LogP contribution in [0.5, 0.6) is 0 Å². The SMILES string of the molecule is CN(c1ccncc1)c1cc(NCCC#N)ncn1. The zero-order valence-electron chi connectivity index (χ0n) is 10.6. The number of nitriles is 1. The van der Waals surface area contributed by atoms with Gasteiger partial charge in [-0.15, -0.1) is 0 Å². The molecule has 0 bridgehead atoms. The van der Waals surface area contributed by atoms with E-state index in [1.54, 1.807) is 12.4 Å². The Labute approximate surface area is 111 Å². The van der Waals surface area contributed by atoms with E-state index in [1.807, 2.05) is 30.1 Å². The molecule has 0 aliphatic heterocycles. The smallest absolute Gasteiger partial charge is 0.138 e. The molecule has 0 radical (unpaired) electrons. The second-order valence-electron chi connectivity index (χ2n) is 3.86. The van der Waals surface area contributed by atoms with Crippen LogP contribution in [0.15, 0.2) is 36.9 Å². The number of hydrogen-bond donors (Lipinski definition) is 1. The highest BCUT2D eigenvalue weighted by atomic mass is 15.2. The number of anilines is 3. The van der Waals surface area contributed by atoms with Crippen molar-refractivity contribution in [2.24, 2.45) is 0 Å². The van der Waals surface area contributed by atoms with E-state index < -0.39 is 0 Å². The van der Waals surface area contributed by atoms with Crippen molar-refractivity contribution in [3.8, 4) is 6.07 Å². The molecular formula is C13H14N6. The van der Waals surface area contributed by atoms with Crippen molar-refractivity contribution in [1.82, 2.24) is 15.0 Å². The van der Waals surface area contributed by atoms with Gasteiger partial charge in [-0.2, -0.15) is 5.26 Å². The summed E-state index contributed by atoms with van der Waals surface area (Å²) in [6.45, 7) is 0.575. The number of rotatable bonds is 5. The minimum Gasteiger partial charge on any atom is -0.369 e. The van der Waals surface area contributed by atoms with Crippen LogP contribution in [0.25, 0.3) is 0 Å². The number of aromatic nitrogens is 3. The molecule has 6 heteroatoms. The molecule has 1 N–H and O–H groups in total. The van der Waals surface area contributed by atoms with E-state index >= 15 is 0 Å². The highest BCUT2D eigenvalue weighted by molar-refractivity contribution is 5.60. The molecule has 0 unspecified atom stereocenters. The van der Waals surface area contributed by atoms with Crippen LogP contribution in [0.3, 0.4) is 0 Å². The molecule has 0 saturated heterocycles. The van der Waals surface area contributed by atoms with Gasteiger partial charge in [-0.1, -0.05) is 0 Å². The molecule has 0 atom stereocenters. The van der Waals surface area contributed by atoms with Gasteiger partial charge < -0.3 is 10.2 Å². The third-order valence-corrected chi connectivity index (χ3v) is 2.59. The summed E-state index contributed by atoms with van der Waals surface area (Å²) in [7, 11) is 1.93. The van der Waals surface area contributed by atoms with Gasteiger partial charge in [0, 0.05) is 37.7 Å². The Hall–Kier alpha value is -2.68. The topological polar surface area (TPSA) is 77.7 Å². The van der Waals surface area contributed by atoms with E-state index in [-0.39, 0.29) is 0 Å². The Morgan fingerprint density at radius 3 is 2.84 bits per heavy atom. The van der Waals surface area contributed by atoms with Crippen molar-refractivity contribution in [3.63, 3.8) is 0 Å². The monoisotopic (exact) mass is 254 g/mol. The summed E-state index contributed by atoms with van der Waals surface area (Å²) >= 11 is 0. The molecule has 0 fully saturated rings. The molecule has 0 aliphatic carbocycles. The summed E-state index contributed by atoms with van der Waals surface area (Å²) in [6.07, 6.45) is 5.42. The summed E-state index contributed by atoms with van der Waals surface area (Å²) in [6, 6.07) is 7.74. The van der Waals surface area contributed by atoms with Crippen LogP contribution >= 0.6 is 0 Å². The molecule has 96 valence electrons. The quantitative estimate of drug-likeness (QED) is 0.822. The van der Waals surface area contributed by atoms with Gasteiger partial charge in [-0.05, 0) is 12.1 Å². The van der Waals surface area contributed by atoms with Crippen molar-refractivity contribution in [2.75, 3.05) is 23.8 Å². The molecule has 0 spiro atoms.